The lowest BCUT2D eigenvalue weighted by Gasteiger charge is -2.04. The van der Waals surface area contributed by atoms with Gasteiger partial charge in [-0.25, -0.2) is 0 Å². The lowest BCUT2D eigenvalue weighted by atomic mass is 10.1. The smallest absolute Gasteiger partial charge is 0.122 e. The highest BCUT2D eigenvalue weighted by Gasteiger charge is 2.04. The predicted octanol–water partition coefficient (Wildman–Crippen LogP) is 2.79. The number of aromatic amines is 1. The Hall–Kier alpha value is -1.44. The molecule has 0 amide bonds. The molecule has 2 nitrogen and oxygen atoms in total. The van der Waals surface area contributed by atoms with E-state index in [-0.39, 0.29) is 0 Å². The number of rotatable bonds is 1. The molecular weight excluding hydrogens is 162 g/mol. The lowest BCUT2D eigenvalue weighted by Crippen LogP contribution is -1.86. The van der Waals surface area contributed by atoms with E-state index < -0.39 is 0 Å². The number of aromatic nitrogens is 1. The van der Waals surface area contributed by atoms with Gasteiger partial charge < -0.3 is 9.72 Å². The van der Waals surface area contributed by atoms with Crippen LogP contribution in [0.1, 0.15) is 11.3 Å². The van der Waals surface area contributed by atoms with Gasteiger partial charge in [0.2, 0.25) is 0 Å². The summed E-state index contributed by atoms with van der Waals surface area (Å²) in [5.41, 5.74) is 3.56. The SMILES string of the molecule is COc1ccc2[nH]c(C)cc2c1C. The number of fused-ring (bicyclic) bond motifs is 1. The number of H-pyrrole nitrogens is 1. The fraction of sp³-hybridized carbons (Fsp3) is 0.273. The highest BCUT2D eigenvalue weighted by Crippen LogP contribution is 2.27. The van der Waals surface area contributed by atoms with Gasteiger partial charge in [-0.15, -0.1) is 0 Å². The van der Waals surface area contributed by atoms with Gasteiger partial charge in [0.25, 0.3) is 0 Å². The Morgan fingerprint density at radius 3 is 2.69 bits per heavy atom. The summed E-state index contributed by atoms with van der Waals surface area (Å²) in [5, 5.41) is 1.25. The molecule has 68 valence electrons. The molecule has 0 fully saturated rings. The Bertz CT molecular complexity index is 443. The average Bonchev–Trinajstić information content (AvgIpc) is 2.47. The number of ether oxygens (including phenoxy) is 1. The Morgan fingerprint density at radius 2 is 2.00 bits per heavy atom. The molecule has 0 aliphatic carbocycles. The van der Waals surface area contributed by atoms with Crippen molar-refractivity contribution in [2.75, 3.05) is 7.11 Å². The van der Waals surface area contributed by atoms with Crippen molar-refractivity contribution in [3.05, 3.63) is 29.5 Å². The molecule has 1 aromatic carbocycles. The molecule has 0 spiro atoms. The minimum absolute atomic E-state index is 0.950. The van der Waals surface area contributed by atoms with Crippen LogP contribution in [0.5, 0.6) is 5.75 Å². The van der Waals surface area contributed by atoms with Crippen molar-refractivity contribution in [3.63, 3.8) is 0 Å². The summed E-state index contributed by atoms with van der Waals surface area (Å²) in [5.74, 6) is 0.950. The third-order valence-corrected chi connectivity index (χ3v) is 2.38. The molecule has 0 saturated carbocycles. The second-order valence-electron chi connectivity index (χ2n) is 3.31. The zero-order chi connectivity index (χ0) is 9.42. The lowest BCUT2D eigenvalue weighted by molar-refractivity contribution is 0.412. The number of benzene rings is 1. The van der Waals surface area contributed by atoms with Gasteiger partial charge in [0.05, 0.1) is 7.11 Å². The van der Waals surface area contributed by atoms with Crippen molar-refractivity contribution in [2.45, 2.75) is 13.8 Å². The summed E-state index contributed by atoms with van der Waals surface area (Å²) in [7, 11) is 1.70. The first-order valence-corrected chi connectivity index (χ1v) is 4.35. The summed E-state index contributed by atoms with van der Waals surface area (Å²) in [6.45, 7) is 4.14. The van der Waals surface area contributed by atoms with Gasteiger partial charge in [-0.3, -0.25) is 0 Å². The summed E-state index contributed by atoms with van der Waals surface area (Å²) in [6.07, 6.45) is 0. The Kier molecular flexibility index (Phi) is 1.76. The minimum Gasteiger partial charge on any atom is -0.496 e. The third-order valence-electron chi connectivity index (χ3n) is 2.38. The normalized spacial score (nSPS) is 10.7. The number of methoxy groups -OCH3 is 1. The second kappa shape index (κ2) is 2.80. The van der Waals surface area contributed by atoms with Crippen molar-refractivity contribution in [1.29, 1.82) is 0 Å². The number of nitrogens with one attached hydrogen (secondary N) is 1. The zero-order valence-electron chi connectivity index (χ0n) is 8.14. The minimum atomic E-state index is 0.950. The number of hydrogen-bond acceptors (Lipinski definition) is 1. The Morgan fingerprint density at radius 1 is 1.23 bits per heavy atom. The Balaban J connectivity index is 2.78. The molecule has 2 aromatic rings. The van der Waals surface area contributed by atoms with Gasteiger partial charge in [0.1, 0.15) is 5.75 Å². The maximum absolute atomic E-state index is 5.25. The maximum Gasteiger partial charge on any atom is 0.122 e. The molecule has 1 heterocycles. The molecule has 2 heteroatoms. The summed E-state index contributed by atoms with van der Waals surface area (Å²) < 4.78 is 5.25. The third kappa shape index (κ3) is 1.18. The average molecular weight is 175 g/mol. The number of aryl methyl sites for hydroxylation is 2. The second-order valence-corrected chi connectivity index (χ2v) is 3.31. The summed E-state index contributed by atoms with van der Waals surface area (Å²) >= 11 is 0. The van der Waals surface area contributed by atoms with Crippen LogP contribution in [0.2, 0.25) is 0 Å². The summed E-state index contributed by atoms with van der Waals surface area (Å²) in [6, 6.07) is 6.19. The van der Waals surface area contributed by atoms with Crippen molar-refractivity contribution in [3.8, 4) is 5.75 Å². The van der Waals surface area contributed by atoms with E-state index in [1.54, 1.807) is 7.11 Å². The van der Waals surface area contributed by atoms with E-state index in [1.165, 1.54) is 22.2 Å². The van der Waals surface area contributed by atoms with Crippen LogP contribution in [0.4, 0.5) is 0 Å². The monoisotopic (exact) mass is 175 g/mol. The topological polar surface area (TPSA) is 25.0 Å². The van der Waals surface area contributed by atoms with E-state index in [9.17, 15) is 0 Å². The van der Waals surface area contributed by atoms with E-state index in [2.05, 4.69) is 24.9 Å². The molecule has 1 N–H and O–H groups in total. The van der Waals surface area contributed by atoms with Crippen LogP contribution < -0.4 is 4.74 Å². The van der Waals surface area contributed by atoms with E-state index in [0.29, 0.717) is 0 Å². The molecule has 2 rings (SSSR count). The van der Waals surface area contributed by atoms with Crippen LogP contribution in [0, 0.1) is 13.8 Å². The maximum atomic E-state index is 5.25. The van der Waals surface area contributed by atoms with Crippen LogP contribution in [0.25, 0.3) is 10.9 Å². The molecule has 0 saturated heterocycles. The van der Waals surface area contributed by atoms with Gasteiger partial charge >= 0.3 is 0 Å². The van der Waals surface area contributed by atoms with E-state index in [4.69, 9.17) is 4.74 Å². The fourth-order valence-electron chi connectivity index (χ4n) is 1.69. The van der Waals surface area contributed by atoms with E-state index in [0.717, 1.165) is 5.75 Å². The molecule has 0 unspecified atom stereocenters. The van der Waals surface area contributed by atoms with E-state index in [1.807, 2.05) is 12.1 Å². The molecule has 0 atom stereocenters. The van der Waals surface area contributed by atoms with Crippen LogP contribution in [0.15, 0.2) is 18.2 Å². The van der Waals surface area contributed by atoms with Crippen molar-refractivity contribution in [2.24, 2.45) is 0 Å². The Labute approximate surface area is 77.5 Å². The van der Waals surface area contributed by atoms with Gasteiger partial charge in [0, 0.05) is 22.2 Å². The first kappa shape index (κ1) is 8.17. The zero-order valence-corrected chi connectivity index (χ0v) is 8.14. The van der Waals surface area contributed by atoms with Gasteiger partial charge in [-0.05, 0) is 32.0 Å². The quantitative estimate of drug-likeness (QED) is 0.708. The molecule has 1 aromatic heterocycles. The first-order valence-electron chi connectivity index (χ1n) is 4.35. The van der Waals surface area contributed by atoms with Crippen molar-refractivity contribution >= 4 is 10.9 Å². The number of hydrogen-bond donors (Lipinski definition) is 1. The van der Waals surface area contributed by atoms with Crippen molar-refractivity contribution in [1.82, 2.24) is 4.98 Å². The standard InChI is InChI=1S/C11H13NO/c1-7-6-9-8(2)11(13-3)5-4-10(9)12-7/h4-6,12H,1-3H3. The molecule has 0 bridgehead atoms. The van der Waals surface area contributed by atoms with Gasteiger partial charge in [-0.1, -0.05) is 0 Å². The van der Waals surface area contributed by atoms with Crippen LogP contribution >= 0.6 is 0 Å². The highest BCUT2D eigenvalue weighted by atomic mass is 16.5. The van der Waals surface area contributed by atoms with E-state index >= 15 is 0 Å². The van der Waals surface area contributed by atoms with Crippen LogP contribution in [-0.4, -0.2) is 12.1 Å². The molecule has 0 aliphatic rings. The summed E-state index contributed by atoms with van der Waals surface area (Å²) in [4.78, 5) is 3.30. The highest BCUT2D eigenvalue weighted by molar-refractivity contribution is 5.85. The first-order chi connectivity index (χ1) is 6.22. The van der Waals surface area contributed by atoms with Gasteiger partial charge in [-0.2, -0.15) is 0 Å². The van der Waals surface area contributed by atoms with Crippen LogP contribution in [-0.2, 0) is 0 Å². The molecule has 13 heavy (non-hydrogen) atoms. The van der Waals surface area contributed by atoms with Crippen LogP contribution in [0.3, 0.4) is 0 Å². The largest absolute Gasteiger partial charge is 0.496 e. The molecular formula is C11H13NO. The molecule has 0 radical (unpaired) electrons. The van der Waals surface area contributed by atoms with Crippen molar-refractivity contribution < 1.29 is 4.74 Å². The predicted molar refractivity (Wildman–Crippen MR) is 54.3 cm³/mol. The fourth-order valence-corrected chi connectivity index (χ4v) is 1.69. The molecule has 0 aliphatic heterocycles. The van der Waals surface area contributed by atoms with Gasteiger partial charge in [0.15, 0.2) is 0 Å².